The maximum Gasteiger partial charge on any atom is 0.413 e. The zero-order valence-corrected chi connectivity index (χ0v) is 18.8. The second-order valence-electron chi connectivity index (χ2n) is 8.48. The summed E-state index contributed by atoms with van der Waals surface area (Å²) in [7, 11) is 1.59. The Bertz CT molecular complexity index is 709. The fourth-order valence-corrected chi connectivity index (χ4v) is 4.66. The molecule has 0 aliphatic carbocycles. The van der Waals surface area contributed by atoms with Gasteiger partial charge in [0.1, 0.15) is 17.4 Å². The number of ether oxygens (including phenoxy) is 2. The molecule has 0 saturated carbocycles. The normalized spacial score (nSPS) is 20.4. The van der Waals surface area contributed by atoms with Gasteiger partial charge >= 0.3 is 12.1 Å². The molecule has 1 fully saturated rings. The molecule has 0 spiro atoms. The van der Waals surface area contributed by atoms with E-state index >= 15 is 0 Å². The number of nitrogens with one attached hydrogen (secondary N) is 1. The second kappa shape index (κ2) is 9.26. The molecule has 0 bridgehead atoms. The molecule has 29 heavy (non-hydrogen) atoms. The van der Waals surface area contributed by atoms with E-state index < -0.39 is 28.7 Å². The van der Waals surface area contributed by atoms with Gasteiger partial charge < -0.3 is 14.6 Å². The Morgan fingerprint density at radius 1 is 1.28 bits per heavy atom. The van der Waals surface area contributed by atoms with Gasteiger partial charge in [-0.1, -0.05) is 26.0 Å². The first-order chi connectivity index (χ1) is 13.5. The lowest BCUT2D eigenvalue weighted by atomic mass is 10.0. The summed E-state index contributed by atoms with van der Waals surface area (Å²) in [5.74, 6) is 0.457. The highest BCUT2D eigenvalue weighted by Gasteiger charge is 2.51. The number of nitrogens with zero attached hydrogens (tertiary/aromatic N) is 1. The number of methoxy groups -OCH3 is 1. The number of benzene rings is 1. The molecule has 0 radical (unpaired) electrons. The number of hydrogen-bond acceptors (Lipinski definition) is 6. The number of hydrogen-bond donors (Lipinski definition) is 2. The molecule has 2 atom stereocenters. The van der Waals surface area contributed by atoms with Gasteiger partial charge in [0.2, 0.25) is 0 Å². The Balaban J connectivity index is 2.60. The minimum Gasteiger partial charge on any atom is -0.497 e. The van der Waals surface area contributed by atoms with Gasteiger partial charge in [-0.25, -0.2) is 9.59 Å². The second-order valence-corrected chi connectivity index (χ2v) is 9.77. The highest BCUT2D eigenvalue weighted by atomic mass is 32.2. The summed E-state index contributed by atoms with van der Waals surface area (Å²) in [4.78, 5) is 25.9. The lowest BCUT2D eigenvalue weighted by Crippen LogP contribution is -2.61. The van der Waals surface area contributed by atoms with Crippen molar-refractivity contribution in [2.45, 2.75) is 57.7 Å². The summed E-state index contributed by atoms with van der Waals surface area (Å²) in [5.41, 5.74) is 0.0299. The van der Waals surface area contributed by atoms with Crippen LogP contribution in [0.3, 0.4) is 0 Å². The SMILES string of the molecule is COc1ccc(C2(N(C(=O)OC(C)(C)C)[C@@H](CC(C)C)C(=O)O)NCCS2)cc1. The van der Waals surface area contributed by atoms with Crippen molar-refractivity contribution >= 4 is 23.8 Å². The van der Waals surface area contributed by atoms with E-state index in [4.69, 9.17) is 9.47 Å². The minimum atomic E-state index is -1.05. The third-order valence-electron chi connectivity index (χ3n) is 4.48. The maximum atomic E-state index is 13.3. The van der Waals surface area contributed by atoms with Crippen molar-refractivity contribution < 1.29 is 24.2 Å². The first kappa shape index (κ1) is 23.3. The van der Waals surface area contributed by atoms with E-state index in [1.54, 1.807) is 27.9 Å². The van der Waals surface area contributed by atoms with Crippen LogP contribution in [0.1, 0.15) is 46.6 Å². The molecule has 1 heterocycles. The van der Waals surface area contributed by atoms with Crippen LogP contribution < -0.4 is 10.1 Å². The topological polar surface area (TPSA) is 88.1 Å². The Hall–Kier alpha value is -1.93. The number of carbonyl (C=O) groups excluding carboxylic acids is 1. The van der Waals surface area contributed by atoms with Gasteiger partial charge in [0.25, 0.3) is 0 Å². The van der Waals surface area contributed by atoms with Crippen molar-refractivity contribution in [1.29, 1.82) is 0 Å². The van der Waals surface area contributed by atoms with Crippen molar-refractivity contribution in [3.63, 3.8) is 0 Å². The van der Waals surface area contributed by atoms with Crippen LogP contribution in [0.15, 0.2) is 24.3 Å². The fourth-order valence-electron chi connectivity index (χ4n) is 3.32. The highest BCUT2D eigenvalue weighted by Crippen LogP contribution is 2.44. The van der Waals surface area contributed by atoms with E-state index in [-0.39, 0.29) is 5.92 Å². The van der Waals surface area contributed by atoms with Crippen LogP contribution in [0.25, 0.3) is 0 Å². The predicted molar refractivity (Wildman–Crippen MR) is 114 cm³/mol. The molecule has 1 aromatic rings. The zero-order chi connectivity index (χ0) is 21.8. The average molecular weight is 425 g/mol. The van der Waals surface area contributed by atoms with Crippen LogP contribution in [0.5, 0.6) is 5.75 Å². The van der Waals surface area contributed by atoms with Crippen molar-refractivity contribution in [1.82, 2.24) is 10.2 Å². The van der Waals surface area contributed by atoms with Crippen LogP contribution in [-0.2, 0) is 14.5 Å². The first-order valence-corrected chi connectivity index (χ1v) is 10.8. The Morgan fingerprint density at radius 3 is 2.31 bits per heavy atom. The lowest BCUT2D eigenvalue weighted by Gasteiger charge is -2.44. The van der Waals surface area contributed by atoms with E-state index in [0.29, 0.717) is 18.7 Å². The molecule has 0 aromatic heterocycles. The average Bonchev–Trinajstić information content (AvgIpc) is 3.10. The summed E-state index contributed by atoms with van der Waals surface area (Å²) >= 11 is 1.50. The number of carboxylic acids is 1. The molecule has 1 aliphatic heterocycles. The molecule has 162 valence electrons. The van der Waals surface area contributed by atoms with Crippen molar-refractivity contribution in [2.24, 2.45) is 5.92 Å². The fraction of sp³-hybridized carbons (Fsp3) is 0.619. The zero-order valence-electron chi connectivity index (χ0n) is 18.0. The van der Waals surface area contributed by atoms with Gasteiger partial charge in [0.15, 0.2) is 4.99 Å². The standard InChI is InChI=1S/C21H32N2O5S/c1-14(2)13-17(18(24)25)23(19(26)28-20(3,4)5)21(22-11-12-29-21)15-7-9-16(27-6)10-8-15/h7-10,14,17,22H,11-13H2,1-6H3,(H,24,25)/t17-,21?/m0/s1. The van der Waals surface area contributed by atoms with Gasteiger partial charge in [0, 0.05) is 17.9 Å². The van der Waals surface area contributed by atoms with Crippen LogP contribution in [0.4, 0.5) is 4.79 Å². The van der Waals surface area contributed by atoms with Crippen LogP contribution in [-0.4, -0.2) is 53.1 Å². The Labute approximate surface area is 177 Å². The number of amides is 1. The first-order valence-electron chi connectivity index (χ1n) is 9.79. The molecule has 2 N–H and O–H groups in total. The molecule has 2 rings (SSSR count). The molecule has 1 saturated heterocycles. The smallest absolute Gasteiger partial charge is 0.413 e. The molecule has 7 nitrogen and oxygen atoms in total. The molecule has 1 aromatic carbocycles. The number of carboxylic acid groups (broad SMARTS) is 1. The minimum absolute atomic E-state index is 0.0837. The van der Waals surface area contributed by atoms with Gasteiger partial charge in [-0.15, -0.1) is 11.8 Å². The third kappa shape index (κ3) is 5.57. The van der Waals surface area contributed by atoms with Crippen LogP contribution >= 0.6 is 11.8 Å². The molecule has 1 unspecified atom stereocenters. The molecule has 8 heteroatoms. The van der Waals surface area contributed by atoms with Gasteiger partial charge in [-0.3, -0.25) is 10.2 Å². The molecular formula is C21H32N2O5S. The van der Waals surface area contributed by atoms with Gasteiger partial charge in [-0.2, -0.15) is 0 Å². The van der Waals surface area contributed by atoms with Crippen molar-refractivity contribution in [2.75, 3.05) is 19.4 Å². The lowest BCUT2D eigenvalue weighted by molar-refractivity contribution is -0.145. The summed E-state index contributed by atoms with van der Waals surface area (Å²) in [5, 5.41) is 13.4. The van der Waals surface area contributed by atoms with Gasteiger partial charge in [0.05, 0.1) is 7.11 Å². The Kier molecular flexibility index (Phi) is 7.45. The number of rotatable bonds is 7. The Morgan fingerprint density at radius 2 is 1.90 bits per heavy atom. The highest BCUT2D eigenvalue weighted by molar-refractivity contribution is 8.00. The maximum absolute atomic E-state index is 13.3. The van der Waals surface area contributed by atoms with Crippen LogP contribution in [0, 0.1) is 5.92 Å². The largest absolute Gasteiger partial charge is 0.497 e. The number of carbonyl (C=O) groups is 2. The monoisotopic (exact) mass is 424 g/mol. The van der Waals surface area contributed by atoms with E-state index in [0.717, 1.165) is 11.3 Å². The summed E-state index contributed by atoms with van der Waals surface area (Å²) < 4.78 is 10.9. The van der Waals surface area contributed by atoms with Crippen LogP contribution in [0.2, 0.25) is 0 Å². The summed E-state index contributed by atoms with van der Waals surface area (Å²) in [6, 6.07) is 6.29. The third-order valence-corrected chi connectivity index (χ3v) is 5.88. The molecule has 1 aliphatic rings. The van der Waals surface area contributed by atoms with E-state index in [1.807, 2.05) is 38.1 Å². The van der Waals surface area contributed by atoms with E-state index in [2.05, 4.69) is 5.32 Å². The van der Waals surface area contributed by atoms with Gasteiger partial charge in [-0.05, 0) is 45.2 Å². The van der Waals surface area contributed by atoms with E-state index in [1.165, 1.54) is 16.7 Å². The molecule has 1 amide bonds. The predicted octanol–water partition coefficient (Wildman–Crippen LogP) is 3.88. The molecular weight excluding hydrogens is 392 g/mol. The van der Waals surface area contributed by atoms with Crippen molar-refractivity contribution in [3.8, 4) is 5.75 Å². The summed E-state index contributed by atoms with van der Waals surface area (Å²) in [6.45, 7) is 9.85. The number of thioether (sulfide) groups is 1. The quantitative estimate of drug-likeness (QED) is 0.687. The van der Waals surface area contributed by atoms with Crippen molar-refractivity contribution in [3.05, 3.63) is 29.8 Å². The van der Waals surface area contributed by atoms with E-state index in [9.17, 15) is 14.7 Å². The number of aliphatic carboxylic acids is 1. The summed E-state index contributed by atoms with van der Waals surface area (Å²) in [6.07, 6.45) is -0.336.